The third-order valence-electron chi connectivity index (χ3n) is 5.37. The molecule has 1 saturated heterocycles. The van der Waals surface area contributed by atoms with Gasteiger partial charge in [-0.25, -0.2) is 4.98 Å². The van der Waals surface area contributed by atoms with Crippen molar-refractivity contribution in [2.24, 2.45) is 5.73 Å². The Kier molecular flexibility index (Phi) is 5.22. The molecule has 30 heavy (non-hydrogen) atoms. The fourth-order valence-electron chi connectivity index (χ4n) is 3.82. The highest BCUT2D eigenvalue weighted by Crippen LogP contribution is 2.30. The Hall–Kier alpha value is -3.68. The van der Waals surface area contributed by atoms with Gasteiger partial charge in [0, 0.05) is 18.7 Å². The standard InChI is InChI=1S/C22H23N5O3/c1-14-5-4-6-16-20(14)24-13-27(22(16)30)12-19(28)25-17-11-15(21(23)29)7-8-18(17)26-9-2-3-10-26/h4-8,11,13H,2-3,9-10,12H2,1H3,(H2,23,29)(H,25,28). The first kappa shape index (κ1) is 19.6. The maximum atomic E-state index is 12.8. The van der Waals surface area contributed by atoms with Crippen LogP contribution in [0.15, 0.2) is 47.5 Å². The number of anilines is 2. The zero-order valence-corrected chi connectivity index (χ0v) is 16.7. The summed E-state index contributed by atoms with van der Waals surface area (Å²) in [6.07, 6.45) is 3.53. The minimum absolute atomic E-state index is 0.185. The summed E-state index contributed by atoms with van der Waals surface area (Å²) in [5.41, 5.74) is 8.33. The average Bonchev–Trinajstić information content (AvgIpc) is 3.25. The predicted octanol–water partition coefficient (Wildman–Crippen LogP) is 2.04. The average molecular weight is 405 g/mol. The van der Waals surface area contributed by atoms with Crippen molar-refractivity contribution >= 4 is 34.1 Å². The number of carbonyl (C=O) groups excluding carboxylic acids is 2. The van der Waals surface area contributed by atoms with Gasteiger partial charge < -0.3 is 16.0 Å². The summed E-state index contributed by atoms with van der Waals surface area (Å²) in [5, 5.41) is 3.31. The van der Waals surface area contributed by atoms with Gasteiger partial charge in [-0.2, -0.15) is 0 Å². The molecule has 2 aromatic carbocycles. The molecule has 0 radical (unpaired) electrons. The van der Waals surface area contributed by atoms with Gasteiger partial charge in [0.25, 0.3) is 5.56 Å². The van der Waals surface area contributed by atoms with Crippen LogP contribution >= 0.6 is 0 Å². The molecule has 8 nitrogen and oxygen atoms in total. The number of amides is 2. The first-order chi connectivity index (χ1) is 14.4. The van der Waals surface area contributed by atoms with Gasteiger partial charge in [0.2, 0.25) is 11.8 Å². The van der Waals surface area contributed by atoms with Crippen LogP contribution in [0, 0.1) is 6.92 Å². The van der Waals surface area contributed by atoms with E-state index in [-0.39, 0.29) is 18.0 Å². The lowest BCUT2D eigenvalue weighted by Crippen LogP contribution is -2.29. The lowest BCUT2D eigenvalue weighted by Gasteiger charge is -2.22. The van der Waals surface area contributed by atoms with E-state index >= 15 is 0 Å². The summed E-state index contributed by atoms with van der Waals surface area (Å²) >= 11 is 0. The molecule has 1 fully saturated rings. The van der Waals surface area contributed by atoms with Gasteiger partial charge in [-0.15, -0.1) is 0 Å². The molecule has 0 bridgehead atoms. The second kappa shape index (κ2) is 7.98. The molecule has 8 heteroatoms. The van der Waals surface area contributed by atoms with Gasteiger partial charge in [0.1, 0.15) is 6.54 Å². The second-order valence-corrected chi connectivity index (χ2v) is 7.49. The monoisotopic (exact) mass is 405 g/mol. The Labute approximate surface area is 173 Å². The third kappa shape index (κ3) is 3.76. The number of nitrogens with one attached hydrogen (secondary N) is 1. The number of hydrogen-bond donors (Lipinski definition) is 2. The molecule has 0 unspecified atom stereocenters. The SMILES string of the molecule is Cc1cccc2c(=O)n(CC(=O)Nc3cc(C(N)=O)ccc3N3CCCC3)cnc12. The first-order valence-corrected chi connectivity index (χ1v) is 9.87. The van der Waals surface area contributed by atoms with Gasteiger partial charge in [0.05, 0.1) is 28.6 Å². The number of nitrogens with zero attached hydrogens (tertiary/aromatic N) is 3. The van der Waals surface area contributed by atoms with Crippen molar-refractivity contribution in [2.75, 3.05) is 23.3 Å². The second-order valence-electron chi connectivity index (χ2n) is 7.49. The van der Waals surface area contributed by atoms with E-state index in [0.717, 1.165) is 37.2 Å². The number of benzene rings is 2. The summed E-state index contributed by atoms with van der Waals surface area (Å²) in [4.78, 5) is 43.6. The van der Waals surface area contributed by atoms with Crippen molar-refractivity contribution < 1.29 is 9.59 Å². The number of nitrogens with two attached hydrogens (primary N) is 1. The predicted molar refractivity (Wildman–Crippen MR) is 116 cm³/mol. The van der Waals surface area contributed by atoms with Crippen LogP contribution in [0.2, 0.25) is 0 Å². The quantitative estimate of drug-likeness (QED) is 0.675. The van der Waals surface area contributed by atoms with E-state index in [1.807, 2.05) is 13.0 Å². The highest BCUT2D eigenvalue weighted by atomic mass is 16.2. The molecule has 0 atom stereocenters. The molecule has 0 spiro atoms. The molecule has 3 N–H and O–H groups in total. The minimum atomic E-state index is -0.566. The maximum Gasteiger partial charge on any atom is 0.261 e. The Morgan fingerprint density at radius 1 is 1.17 bits per heavy atom. The molecule has 1 aliphatic heterocycles. The van der Waals surface area contributed by atoms with Crippen molar-refractivity contribution in [3.8, 4) is 0 Å². The number of primary amides is 1. The molecular weight excluding hydrogens is 382 g/mol. The fraction of sp³-hybridized carbons (Fsp3) is 0.273. The summed E-state index contributed by atoms with van der Waals surface area (Å²) < 4.78 is 1.28. The van der Waals surface area contributed by atoms with Gasteiger partial charge in [-0.05, 0) is 49.6 Å². The van der Waals surface area contributed by atoms with E-state index in [4.69, 9.17) is 5.73 Å². The Morgan fingerprint density at radius 2 is 1.93 bits per heavy atom. The van der Waals surface area contributed by atoms with Crippen molar-refractivity contribution in [1.82, 2.24) is 9.55 Å². The van der Waals surface area contributed by atoms with Crippen LogP contribution < -0.4 is 21.5 Å². The van der Waals surface area contributed by atoms with Crippen LogP contribution in [0.5, 0.6) is 0 Å². The normalized spacial score (nSPS) is 13.6. The van der Waals surface area contributed by atoms with Crippen LogP contribution in [0.3, 0.4) is 0 Å². The molecule has 2 amide bonds. The van der Waals surface area contributed by atoms with Crippen LogP contribution in [-0.4, -0.2) is 34.5 Å². The smallest absolute Gasteiger partial charge is 0.261 e. The Bertz CT molecular complexity index is 1200. The van der Waals surface area contributed by atoms with E-state index in [1.54, 1.807) is 30.3 Å². The largest absolute Gasteiger partial charge is 0.370 e. The van der Waals surface area contributed by atoms with Gasteiger partial charge in [-0.3, -0.25) is 19.0 Å². The molecule has 0 saturated carbocycles. The van der Waals surface area contributed by atoms with Crippen LogP contribution in [0.1, 0.15) is 28.8 Å². The molecule has 4 rings (SSSR count). The minimum Gasteiger partial charge on any atom is -0.370 e. The summed E-state index contributed by atoms with van der Waals surface area (Å²) in [6, 6.07) is 10.4. The van der Waals surface area contributed by atoms with Crippen molar-refractivity contribution in [1.29, 1.82) is 0 Å². The number of fused-ring (bicyclic) bond motifs is 1. The molecule has 2 heterocycles. The maximum absolute atomic E-state index is 12.8. The third-order valence-corrected chi connectivity index (χ3v) is 5.37. The lowest BCUT2D eigenvalue weighted by atomic mass is 10.1. The summed E-state index contributed by atoms with van der Waals surface area (Å²) in [5.74, 6) is -0.947. The summed E-state index contributed by atoms with van der Waals surface area (Å²) in [7, 11) is 0. The topological polar surface area (TPSA) is 110 Å². The summed E-state index contributed by atoms with van der Waals surface area (Å²) in [6.45, 7) is 3.46. The zero-order chi connectivity index (χ0) is 21.3. The molecule has 1 aliphatic rings. The van der Waals surface area contributed by atoms with E-state index in [9.17, 15) is 14.4 Å². The van der Waals surface area contributed by atoms with Crippen LogP contribution in [0.4, 0.5) is 11.4 Å². The molecular formula is C22H23N5O3. The Balaban J connectivity index is 1.62. The number of carbonyl (C=O) groups is 2. The molecule has 1 aromatic heterocycles. The van der Waals surface area contributed by atoms with Crippen LogP contribution in [-0.2, 0) is 11.3 Å². The van der Waals surface area contributed by atoms with Gasteiger partial charge in [-0.1, -0.05) is 12.1 Å². The molecule has 3 aromatic rings. The molecule has 154 valence electrons. The van der Waals surface area contributed by atoms with Crippen molar-refractivity contribution in [3.05, 3.63) is 64.2 Å². The van der Waals surface area contributed by atoms with Gasteiger partial charge in [0.15, 0.2) is 0 Å². The van der Waals surface area contributed by atoms with Crippen molar-refractivity contribution in [3.63, 3.8) is 0 Å². The van der Waals surface area contributed by atoms with Crippen molar-refractivity contribution in [2.45, 2.75) is 26.3 Å². The highest BCUT2D eigenvalue weighted by Gasteiger charge is 2.19. The van der Waals surface area contributed by atoms with E-state index < -0.39 is 5.91 Å². The van der Waals surface area contributed by atoms with Crippen LogP contribution in [0.25, 0.3) is 10.9 Å². The lowest BCUT2D eigenvalue weighted by molar-refractivity contribution is -0.116. The van der Waals surface area contributed by atoms with E-state index in [0.29, 0.717) is 22.2 Å². The zero-order valence-electron chi connectivity index (χ0n) is 16.7. The van der Waals surface area contributed by atoms with Gasteiger partial charge >= 0.3 is 0 Å². The number of rotatable bonds is 5. The number of aryl methyl sites for hydroxylation is 1. The fourth-order valence-corrected chi connectivity index (χ4v) is 3.82. The first-order valence-electron chi connectivity index (χ1n) is 9.87. The number of para-hydroxylation sites is 1. The molecule has 0 aliphatic carbocycles. The highest BCUT2D eigenvalue weighted by molar-refractivity contribution is 5.99. The van der Waals surface area contributed by atoms with E-state index in [2.05, 4.69) is 15.2 Å². The Morgan fingerprint density at radius 3 is 2.67 bits per heavy atom. The number of aromatic nitrogens is 2. The van der Waals surface area contributed by atoms with E-state index in [1.165, 1.54) is 10.9 Å². The number of hydrogen-bond acceptors (Lipinski definition) is 5.